The number of hydrogen-bond acceptors (Lipinski definition) is 6. The number of fused-ring (bicyclic) bond motifs is 1. The van der Waals surface area contributed by atoms with E-state index >= 15 is 0 Å². The minimum Gasteiger partial charge on any atom is -0.369 e. The lowest BCUT2D eigenvalue weighted by molar-refractivity contribution is -0.137. The van der Waals surface area contributed by atoms with Crippen LogP contribution in [0.2, 0.25) is 0 Å². The van der Waals surface area contributed by atoms with E-state index in [2.05, 4.69) is 19.6 Å². The predicted octanol–water partition coefficient (Wildman–Crippen LogP) is 3.81. The molecule has 0 aliphatic carbocycles. The van der Waals surface area contributed by atoms with Crippen molar-refractivity contribution in [2.75, 3.05) is 31.1 Å². The van der Waals surface area contributed by atoms with Crippen molar-refractivity contribution in [3.05, 3.63) is 72.1 Å². The molecule has 0 N–H and O–H groups in total. The molecule has 0 unspecified atom stereocenters. The van der Waals surface area contributed by atoms with Crippen LogP contribution in [0.5, 0.6) is 0 Å². The van der Waals surface area contributed by atoms with Crippen molar-refractivity contribution in [3.8, 4) is 0 Å². The lowest BCUT2D eigenvalue weighted by atomic mass is 10.1. The summed E-state index contributed by atoms with van der Waals surface area (Å²) in [5, 5.41) is 3.92. The first-order chi connectivity index (χ1) is 15.5. The first kappa shape index (κ1) is 20.5. The van der Waals surface area contributed by atoms with Gasteiger partial charge in [0.2, 0.25) is 6.39 Å². The van der Waals surface area contributed by atoms with Crippen LogP contribution in [-0.4, -0.2) is 50.8 Å². The summed E-state index contributed by atoms with van der Waals surface area (Å²) in [4.78, 5) is 13.2. The maximum absolute atomic E-state index is 13.0. The first-order valence-electron chi connectivity index (χ1n) is 10.3. The number of benzene rings is 2. The van der Waals surface area contributed by atoms with Crippen molar-refractivity contribution in [1.82, 2.24) is 24.6 Å². The highest BCUT2D eigenvalue weighted by Crippen LogP contribution is 2.32. The van der Waals surface area contributed by atoms with E-state index < -0.39 is 11.7 Å². The molecular formula is C22H21F3N6O. The largest absolute Gasteiger partial charge is 0.416 e. The average molecular weight is 442 g/mol. The number of nitrogens with zero attached hydrogens (tertiary/aromatic N) is 6. The minimum absolute atomic E-state index is 0.455. The van der Waals surface area contributed by atoms with E-state index in [0.29, 0.717) is 37.7 Å². The Kier molecular flexibility index (Phi) is 5.30. The monoisotopic (exact) mass is 442 g/mol. The molecule has 0 amide bonds. The molecule has 0 saturated carbocycles. The third kappa shape index (κ3) is 4.18. The van der Waals surface area contributed by atoms with Crippen LogP contribution in [-0.2, 0) is 19.3 Å². The highest BCUT2D eigenvalue weighted by molar-refractivity contribution is 5.76. The molecule has 2 aromatic heterocycles. The number of para-hydroxylation sites is 2. The molecule has 1 fully saturated rings. The topological polar surface area (TPSA) is 63.2 Å². The van der Waals surface area contributed by atoms with E-state index in [9.17, 15) is 13.2 Å². The Hall–Kier alpha value is -3.40. The third-order valence-electron chi connectivity index (χ3n) is 5.72. The maximum Gasteiger partial charge on any atom is 0.416 e. The standard InChI is InChI=1S/C22H21F3N6O/c23-22(24,25)16-4-3-5-17(12-16)30-10-8-29(9-11-30)14-21-27-18-6-1-2-7-19(18)31(21)13-20-26-15-32-28-20/h1-7,12,15H,8-11,13-14H2. The molecule has 7 nitrogen and oxygen atoms in total. The van der Waals surface area contributed by atoms with Crippen LogP contribution in [0.25, 0.3) is 11.0 Å². The molecule has 0 spiro atoms. The Bertz CT molecular complexity index is 1200. The number of rotatable bonds is 5. The van der Waals surface area contributed by atoms with Crippen molar-refractivity contribution in [2.45, 2.75) is 19.3 Å². The Morgan fingerprint density at radius 3 is 2.50 bits per heavy atom. The Morgan fingerprint density at radius 1 is 0.938 bits per heavy atom. The van der Waals surface area contributed by atoms with E-state index in [4.69, 9.17) is 9.51 Å². The molecule has 0 bridgehead atoms. The van der Waals surface area contributed by atoms with Gasteiger partial charge in [-0.3, -0.25) is 4.90 Å². The van der Waals surface area contributed by atoms with Crippen LogP contribution in [0.4, 0.5) is 18.9 Å². The van der Waals surface area contributed by atoms with E-state index in [-0.39, 0.29) is 0 Å². The number of anilines is 1. The van der Waals surface area contributed by atoms with E-state index in [1.807, 2.05) is 29.2 Å². The van der Waals surface area contributed by atoms with Gasteiger partial charge in [0, 0.05) is 31.9 Å². The fraction of sp³-hybridized carbons (Fsp3) is 0.318. The van der Waals surface area contributed by atoms with Gasteiger partial charge in [-0.1, -0.05) is 23.4 Å². The van der Waals surface area contributed by atoms with Crippen molar-refractivity contribution < 1.29 is 17.7 Å². The molecule has 10 heteroatoms. The van der Waals surface area contributed by atoms with Crippen LogP contribution in [0.3, 0.4) is 0 Å². The smallest absolute Gasteiger partial charge is 0.369 e. The highest BCUT2D eigenvalue weighted by atomic mass is 19.4. The summed E-state index contributed by atoms with van der Waals surface area (Å²) in [6.45, 7) is 3.82. The summed E-state index contributed by atoms with van der Waals surface area (Å²) in [6, 6.07) is 13.4. The van der Waals surface area contributed by atoms with Gasteiger partial charge < -0.3 is 14.0 Å². The number of hydrogen-bond donors (Lipinski definition) is 0. The first-order valence-corrected chi connectivity index (χ1v) is 10.3. The number of halogens is 3. The highest BCUT2D eigenvalue weighted by Gasteiger charge is 2.31. The molecule has 3 heterocycles. The molecule has 5 rings (SSSR count). The zero-order valence-corrected chi connectivity index (χ0v) is 17.2. The van der Waals surface area contributed by atoms with Crippen molar-refractivity contribution in [2.24, 2.45) is 0 Å². The normalized spacial score (nSPS) is 15.5. The third-order valence-corrected chi connectivity index (χ3v) is 5.72. The van der Waals surface area contributed by atoms with E-state index in [1.165, 1.54) is 18.5 Å². The Labute approximate surface area is 182 Å². The summed E-state index contributed by atoms with van der Waals surface area (Å²) >= 11 is 0. The number of imidazole rings is 1. The zero-order chi connectivity index (χ0) is 22.1. The molecule has 2 aromatic carbocycles. The van der Waals surface area contributed by atoms with Crippen LogP contribution >= 0.6 is 0 Å². The van der Waals surface area contributed by atoms with Gasteiger partial charge in [0.05, 0.1) is 29.7 Å². The summed E-state index contributed by atoms with van der Waals surface area (Å²) in [5.41, 5.74) is 1.87. The number of piperazine rings is 1. The summed E-state index contributed by atoms with van der Waals surface area (Å²) in [6.07, 6.45) is -3.03. The van der Waals surface area contributed by atoms with E-state index in [0.717, 1.165) is 36.0 Å². The lowest BCUT2D eigenvalue weighted by Gasteiger charge is -2.36. The lowest BCUT2D eigenvalue weighted by Crippen LogP contribution is -2.46. The van der Waals surface area contributed by atoms with Gasteiger partial charge in [-0.05, 0) is 30.3 Å². The maximum atomic E-state index is 13.0. The van der Waals surface area contributed by atoms with Crippen molar-refractivity contribution in [1.29, 1.82) is 0 Å². The Balaban J connectivity index is 1.30. The number of aromatic nitrogens is 4. The summed E-state index contributed by atoms with van der Waals surface area (Å²) in [7, 11) is 0. The second-order valence-electron chi connectivity index (χ2n) is 7.76. The van der Waals surface area contributed by atoms with Gasteiger partial charge >= 0.3 is 6.18 Å². The van der Waals surface area contributed by atoms with Crippen molar-refractivity contribution >= 4 is 16.7 Å². The van der Waals surface area contributed by atoms with Gasteiger partial charge in [0.25, 0.3) is 0 Å². The molecule has 1 saturated heterocycles. The molecule has 1 aliphatic rings. The molecule has 166 valence electrons. The minimum atomic E-state index is -4.34. The van der Waals surface area contributed by atoms with Crippen LogP contribution in [0.1, 0.15) is 17.2 Å². The van der Waals surface area contributed by atoms with Crippen LogP contribution < -0.4 is 4.90 Å². The average Bonchev–Trinajstić information content (AvgIpc) is 3.42. The number of alkyl halides is 3. The van der Waals surface area contributed by atoms with Crippen molar-refractivity contribution in [3.63, 3.8) is 0 Å². The van der Waals surface area contributed by atoms with Crippen LogP contribution in [0, 0.1) is 0 Å². The van der Waals surface area contributed by atoms with Gasteiger partial charge in [0.1, 0.15) is 5.82 Å². The molecule has 4 aromatic rings. The fourth-order valence-corrected chi connectivity index (χ4v) is 4.07. The molecule has 1 aliphatic heterocycles. The molecule has 32 heavy (non-hydrogen) atoms. The SMILES string of the molecule is FC(F)(F)c1cccc(N2CCN(Cc3nc4ccccc4n3Cc3ncon3)CC2)c1. The van der Waals surface area contributed by atoms with Gasteiger partial charge in [-0.2, -0.15) is 18.2 Å². The van der Waals surface area contributed by atoms with Gasteiger partial charge in [-0.25, -0.2) is 4.98 Å². The van der Waals surface area contributed by atoms with Crippen LogP contribution in [0.15, 0.2) is 59.4 Å². The zero-order valence-electron chi connectivity index (χ0n) is 17.2. The fourth-order valence-electron chi connectivity index (χ4n) is 4.07. The second-order valence-corrected chi connectivity index (χ2v) is 7.76. The predicted molar refractivity (Wildman–Crippen MR) is 112 cm³/mol. The summed E-state index contributed by atoms with van der Waals surface area (Å²) in [5.74, 6) is 1.47. The van der Waals surface area contributed by atoms with Gasteiger partial charge in [0.15, 0.2) is 5.82 Å². The van der Waals surface area contributed by atoms with E-state index in [1.54, 1.807) is 6.07 Å². The molecule has 0 radical (unpaired) electrons. The summed E-state index contributed by atoms with van der Waals surface area (Å²) < 4.78 is 46.1. The molecular weight excluding hydrogens is 421 g/mol. The Morgan fingerprint density at radius 2 is 1.75 bits per heavy atom. The molecule has 0 atom stereocenters. The van der Waals surface area contributed by atoms with Gasteiger partial charge in [-0.15, -0.1) is 0 Å². The second kappa shape index (κ2) is 8.27. The quantitative estimate of drug-likeness (QED) is 0.469.